The van der Waals surface area contributed by atoms with Crippen molar-refractivity contribution in [1.29, 1.82) is 5.53 Å². The van der Waals surface area contributed by atoms with Crippen LogP contribution in [0.15, 0.2) is 47.6 Å². The topological polar surface area (TPSA) is 92.5 Å². The van der Waals surface area contributed by atoms with Gasteiger partial charge in [0.25, 0.3) is 0 Å². The number of halogens is 4. The molecule has 0 bridgehead atoms. The molecule has 0 amide bonds. The molecule has 0 radical (unpaired) electrons. The zero-order chi connectivity index (χ0) is 18.2. The molecule has 0 unspecified atom stereocenters. The highest BCUT2D eigenvalue weighted by molar-refractivity contribution is 6.32. The van der Waals surface area contributed by atoms with Crippen LogP contribution in [0.1, 0.15) is 0 Å². The van der Waals surface area contributed by atoms with Crippen molar-refractivity contribution in [3.05, 3.63) is 52.5 Å². The number of aromatic nitrogens is 2. The minimum Gasteiger partial charge on any atom is -0.457 e. The summed E-state index contributed by atoms with van der Waals surface area (Å²) in [5.74, 6) is -0.176. The van der Waals surface area contributed by atoms with Crippen LogP contribution >= 0.6 is 23.2 Å². The summed E-state index contributed by atoms with van der Waals surface area (Å²) >= 11 is 11.4. The van der Waals surface area contributed by atoms with Crippen LogP contribution < -0.4 is 14.8 Å². The van der Waals surface area contributed by atoms with Crippen molar-refractivity contribution < 1.29 is 18.3 Å². The van der Waals surface area contributed by atoms with Gasteiger partial charge in [0.2, 0.25) is 0 Å². The van der Waals surface area contributed by atoms with E-state index in [1.807, 2.05) is 0 Å². The first-order valence-corrected chi connectivity index (χ1v) is 7.41. The molecule has 1 aromatic heterocycles. The lowest BCUT2D eigenvalue weighted by Crippen LogP contribution is -2.05. The third-order valence-electron chi connectivity index (χ3n) is 2.64. The predicted molar refractivity (Wildman–Crippen MR) is 87.5 cm³/mol. The van der Waals surface area contributed by atoms with E-state index in [1.165, 1.54) is 30.7 Å². The van der Waals surface area contributed by atoms with E-state index in [4.69, 9.17) is 33.5 Å². The lowest BCUT2D eigenvalue weighted by atomic mass is 10.3. The highest BCUT2D eigenvalue weighted by Crippen LogP contribution is 2.29. The lowest BCUT2D eigenvalue weighted by Gasteiger charge is -2.09. The molecule has 0 saturated carbocycles. The van der Waals surface area contributed by atoms with Gasteiger partial charge in [0, 0.05) is 18.0 Å². The van der Waals surface area contributed by atoms with Crippen molar-refractivity contribution in [2.75, 3.05) is 11.9 Å². The van der Waals surface area contributed by atoms with E-state index in [9.17, 15) is 8.78 Å². The molecule has 132 valence electrons. The number of benzene rings is 1. The third-order valence-corrected chi connectivity index (χ3v) is 3.15. The van der Waals surface area contributed by atoms with E-state index in [1.54, 1.807) is 6.07 Å². The standard InChI is InChI=1S/C14H11Cl2F2N5O2/c15-8-4-21-14(22-5-8)24-7-10(23-19)6-20-9-1-2-11(16)12(3-9)25-13(17)18/h1-6,13,19-20H,7H2/b10-6-,23-19?. The Balaban J connectivity index is 2.00. The maximum atomic E-state index is 12.3. The van der Waals surface area contributed by atoms with Gasteiger partial charge in [0.15, 0.2) is 0 Å². The SMILES string of the molecule is N=N/C(=C\Nc1ccc(Cl)c(OC(F)F)c1)COc1ncc(Cl)cn1. The Morgan fingerprint density at radius 1 is 1.32 bits per heavy atom. The summed E-state index contributed by atoms with van der Waals surface area (Å²) in [7, 11) is 0. The van der Waals surface area contributed by atoms with Gasteiger partial charge in [-0.1, -0.05) is 23.2 Å². The normalized spacial score (nSPS) is 11.3. The molecule has 2 N–H and O–H groups in total. The van der Waals surface area contributed by atoms with Gasteiger partial charge in [-0.25, -0.2) is 15.5 Å². The monoisotopic (exact) mass is 389 g/mol. The molecular weight excluding hydrogens is 379 g/mol. The molecule has 0 saturated heterocycles. The second kappa shape index (κ2) is 9.09. The van der Waals surface area contributed by atoms with Crippen LogP contribution in [0.3, 0.4) is 0 Å². The second-order valence-electron chi connectivity index (χ2n) is 4.39. The third kappa shape index (κ3) is 6.12. The number of nitrogens with zero attached hydrogens (tertiary/aromatic N) is 3. The van der Waals surface area contributed by atoms with Crippen LogP contribution in [0, 0.1) is 5.53 Å². The molecule has 2 aromatic rings. The van der Waals surface area contributed by atoms with Gasteiger partial charge in [-0.15, -0.1) is 0 Å². The highest BCUT2D eigenvalue weighted by atomic mass is 35.5. The van der Waals surface area contributed by atoms with Gasteiger partial charge in [0.1, 0.15) is 18.1 Å². The van der Waals surface area contributed by atoms with Gasteiger partial charge in [0.05, 0.1) is 22.4 Å². The Morgan fingerprint density at radius 3 is 2.68 bits per heavy atom. The molecule has 0 fully saturated rings. The van der Waals surface area contributed by atoms with Crippen LogP contribution in [0.5, 0.6) is 11.8 Å². The minimum atomic E-state index is -2.99. The zero-order valence-corrected chi connectivity index (χ0v) is 13.9. The number of ether oxygens (including phenoxy) is 2. The summed E-state index contributed by atoms with van der Waals surface area (Å²) in [4.78, 5) is 7.67. The van der Waals surface area contributed by atoms with Crippen LogP contribution in [0.4, 0.5) is 14.5 Å². The molecule has 0 spiro atoms. The fourth-order valence-electron chi connectivity index (χ4n) is 1.57. The number of hydrogen-bond acceptors (Lipinski definition) is 7. The molecule has 0 aliphatic carbocycles. The molecule has 11 heteroatoms. The average Bonchev–Trinajstić information content (AvgIpc) is 2.59. The van der Waals surface area contributed by atoms with Crippen molar-refractivity contribution in [3.8, 4) is 11.8 Å². The Bertz CT molecular complexity index is 759. The maximum Gasteiger partial charge on any atom is 0.387 e. The number of alkyl halides is 2. The predicted octanol–water partition coefficient (Wildman–Crippen LogP) is 4.75. The smallest absolute Gasteiger partial charge is 0.387 e. The Labute approximate surface area is 151 Å². The first-order chi connectivity index (χ1) is 12.0. The summed E-state index contributed by atoms with van der Waals surface area (Å²) in [6.45, 7) is -3.08. The minimum absolute atomic E-state index is 0.0449. The molecule has 1 heterocycles. The molecule has 1 aromatic carbocycles. The Morgan fingerprint density at radius 2 is 2.04 bits per heavy atom. The molecule has 7 nitrogen and oxygen atoms in total. The lowest BCUT2D eigenvalue weighted by molar-refractivity contribution is -0.0497. The first-order valence-electron chi connectivity index (χ1n) is 6.65. The number of nitrogens with one attached hydrogen (secondary N) is 2. The van der Waals surface area contributed by atoms with E-state index < -0.39 is 6.61 Å². The van der Waals surface area contributed by atoms with Crippen molar-refractivity contribution in [3.63, 3.8) is 0 Å². The summed E-state index contributed by atoms with van der Waals surface area (Å²) in [5.41, 5.74) is 7.73. The molecule has 25 heavy (non-hydrogen) atoms. The Hall–Kier alpha value is -2.52. The fraction of sp³-hybridized carbons (Fsp3) is 0.143. The summed E-state index contributed by atoms with van der Waals surface area (Å²) in [6, 6.07) is 4.29. The van der Waals surface area contributed by atoms with Crippen molar-refractivity contribution in [1.82, 2.24) is 9.97 Å². The van der Waals surface area contributed by atoms with Gasteiger partial charge in [-0.3, -0.25) is 0 Å². The van der Waals surface area contributed by atoms with Gasteiger partial charge < -0.3 is 14.8 Å². The summed E-state index contributed by atoms with van der Waals surface area (Å²) in [5, 5.41) is 6.47. The molecule has 0 aliphatic heterocycles. The van der Waals surface area contributed by atoms with E-state index in [0.29, 0.717) is 10.7 Å². The first kappa shape index (κ1) is 18.8. The van der Waals surface area contributed by atoms with Crippen LogP contribution in [0.2, 0.25) is 10.0 Å². The molecule has 0 atom stereocenters. The number of rotatable bonds is 8. The van der Waals surface area contributed by atoms with Crippen LogP contribution in [0.25, 0.3) is 0 Å². The summed E-state index contributed by atoms with van der Waals surface area (Å²) < 4.78 is 34.1. The van der Waals surface area contributed by atoms with Crippen molar-refractivity contribution >= 4 is 28.9 Å². The highest BCUT2D eigenvalue weighted by Gasteiger charge is 2.09. The molecule has 2 rings (SSSR count). The maximum absolute atomic E-state index is 12.3. The van der Waals surface area contributed by atoms with Gasteiger partial charge in [-0.2, -0.15) is 13.9 Å². The van der Waals surface area contributed by atoms with E-state index in [-0.39, 0.29) is 29.1 Å². The average molecular weight is 390 g/mol. The molecular formula is C14H11Cl2F2N5O2. The van der Waals surface area contributed by atoms with Crippen molar-refractivity contribution in [2.24, 2.45) is 5.11 Å². The Kier molecular flexibility index (Phi) is 6.84. The molecule has 0 aliphatic rings. The summed E-state index contributed by atoms with van der Waals surface area (Å²) in [6.07, 6.45) is 4.08. The second-order valence-corrected chi connectivity index (χ2v) is 5.23. The number of anilines is 1. The fourth-order valence-corrected chi connectivity index (χ4v) is 1.83. The van der Waals surface area contributed by atoms with E-state index in [2.05, 4.69) is 25.1 Å². The van der Waals surface area contributed by atoms with Gasteiger partial charge in [-0.05, 0) is 12.1 Å². The van der Waals surface area contributed by atoms with Crippen molar-refractivity contribution in [2.45, 2.75) is 6.61 Å². The largest absolute Gasteiger partial charge is 0.457 e. The van der Waals surface area contributed by atoms with E-state index >= 15 is 0 Å². The number of hydrogen-bond donors (Lipinski definition) is 2. The zero-order valence-electron chi connectivity index (χ0n) is 12.4. The van der Waals surface area contributed by atoms with Gasteiger partial charge >= 0.3 is 12.6 Å². The van der Waals surface area contributed by atoms with E-state index in [0.717, 1.165) is 0 Å². The quantitative estimate of drug-likeness (QED) is 0.635. The van der Waals surface area contributed by atoms with Crippen LogP contribution in [-0.4, -0.2) is 23.2 Å². The van der Waals surface area contributed by atoms with Crippen LogP contribution in [-0.2, 0) is 0 Å².